The molecule has 0 bridgehead atoms. The third kappa shape index (κ3) is 3.84. The Balaban J connectivity index is 1.66. The summed E-state index contributed by atoms with van der Waals surface area (Å²) in [6.07, 6.45) is 4.93. The summed E-state index contributed by atoms with van der Waals surface area (Å²) in [6, 6.07) is 7.72. The molecule has 1 saturated heterocycles. The molecule has 0 radical (unpaired) electrons. The number of nitrogens with two attached hydrogens (primary N) is 2. The van der Waals surface area contributed by atoms with Gasteiger partial charge in [-0.1, -0.05) is 13.8 Å². The van der Waals surface area contributed by atoms with Gasteiger partial charge >= 0.3 is 6.09 Å². The smallest absolute Gasteiger partial charge is 0.415 e. The van der Waals surface area contributed by atoms with Gasteiger partial charge < -0.3 is 21.5 Å². The van der Waals surface area contributed by atoms with Crippen molar-refractivity contribution in [3.63, 3.8) is 0 Å². The van der Waals surface area contributed by atoms with Gasteiger partial charge in [0.05, 0.1) is 6.54 Å². The van der Waals surface area contributed by atoms with Crippen molar-refractivity contribution in [1.82, 2.24) is 15.0 Å². The van der Waals surface area contributed by atoms with E-state index in [4.69, 9.17) is 16.2 Å². The highest BCUT2D eigenvalue weighted by Gasteiger charge is 2.27. The first-order valence-electron chi connectivity index (χ1n) is 10.4. The summed E-state index contributed by atoms with van der Waals surface area (Å²) in [7, 11) is 0. The first kappa shape index (κ1) is 20.8. The largest absolute Gasteiger partial charge is 0.447 e. The molecule has 31 heavy (non-hydrogen) atoms. The molecule has 4 heterocycles. The van der Waals surface area contributed by atoms with E-state index in [1.165, 1.54) is 4.90 Å². The van der Waals surface area contributed by atoms with Gasteiger partial charge in [0.1, 0.15) is 29.9 Å². The zero-order chi connectivity index (χ0) is 22.0. The van der Waals surface area contributed by atoms with E-state index in [0.29, 0.717) is 48.4 Å². The quantitative estimate of drug-likeness (QED) is 0.529. The number of anilines is 4. The molecule has 0 spiro atoms. The second-order valence-electron chi connectivity index (χ2n) is 7.67. The zero-order valence-electron chi connectivity index (χ0n) is 17.8. The van der Waals surface area contributed by atoms with Crippen molar-refractivity contribution in [2.24, 2.45) is 5.73 Å². The Labute approximate surface area is 180 Å². The van der Waals surface area contributed by atoms with Crippen molar-refractivity contribution < 1.29 is 9.53 Å². The van der Waals surface area contributed by atoms with Crippen LogP contribution in [0.5, 0.6) is 0 Å². The lowest BCUT2D eigenvalue weighted by atomic mass is 9.76. The van der Waals surface area contributed by atoms with Gasteiger partial charge in [-0.3, -0.25) is 4.90 Å². The summed E-state index contributed by atoms with van der Waals surface area (Å²) in [5, 5.41) is 4.79. The maximum atomic E-state index is 11.9. The van der Waals surface area contributed by atoms with Crippen LogP contribution in [0.3, 0.4) is 0 Å². The number of cyclic esters (lactones) is 1. The molecular formula is C22H27N7O2. The van der Waals surface area contributed by atoms with Crippen molar-refractivity contribution >= 4 is 40.1 Å². The van der Waals surface area contributed by atoms with E-state index in [-0.39, 0.29) is 5.41 Å². The normalized spacial score (nSPS) is 14.2. The number of nitrogens with zero attached hydrogens (tertiary/aromatic N) is 4. The highest BCUT2D eigenvalue weighted by Crippen LogP contribution is 2.32. The third-order valence-electron chi connectivity index (χ3n) is 6.14. The number of rotatable bonds is 7. The van der Waals surface area contributed by atoms with Crippen LogP contribution in [0.2, 0.25) is 0 Å². The number of aromatic nitrogens is 3. The van der Waals surface area contributed by atoms with E-state index in [1.54, 1.807) is 12.4 Å². The monoisotopic (exact) mass is 421 g/mol. The summed E-state index contributed by atoms with van der Waals surface area (Å²) < 4.78 is 5.01. The number of ether oxygens (including phenoxy) is 1. The Bertz CT molecular complexity index is 1110. The molecule has 9 nitrogen and oxygen atoms in total. The molecule has 1 fully saturated rings. The average Bonchev–Trinajstić information content (AvgIpc) is 3.21. The lowest BCUT2D eigenvalue weighted by Crippen LogP contribution is -2.33. The van der Waals surface area contributed by atoms with Crippen molar-refractivity contribution in [2.75, 3.05) is 35.6 Å². The molecule has 3 aromatic rings. The van der Waals surface area contributed by atoms with Gasteiger partial charge in [0.15, 0.2) is 0 Å². The molecule has 4 rings (SSSR count). The molecule has 1 aliphatic rings. The second kappa shape index (κ2) is 8.35. The number of nitrogen functional groups attached to an aromatic ring is 1. The van der Waals surface area contributed by atoms with Crippen LogP contribution >= 0.6 is 0 Å². The minimum atomic E-state index is -0.421. The summed E-state index contributed by atoms with van der Waals surface area (Å²) in [5.41, 5.74) is 13.3. The SMILES string of the molecule is CCC(CC)(CN)c1ccnc(Nc2cc3cc(N4CCOC4=O)nc(N)c3cn2)c1. The van der Waals surface area contributed by atoms with Crippen LogP contribution in [-0.4, -0.2) is 40.7 Å². The van der Waals surface area contributed by atoms with Crippen LogP contribution < -0.4 is 21.7 Å². The maximum absolute atomic E-state index is 11.9. The number of carbonyl (C=O) groups is 1. The van der Waals surface area contributed by atoms with E-state index in [2.05, 4.69) is 34.1 Å². The van der Waals surface area contributed by atoms with Crippen LogP contribution in [0, 0.1) is 0 Å². The first-order valence-corrected chi connectivity index (χ1v) is 10.4. The number of nitrogens with one attached hydrogen (secondary N) is 1. The Morgan fingerprint density at radius 2 is 1.97 bits per heavy atom. The molecule has 0 aromatic carbocycles. The number of hydrogen-bond donors (Lipinski definition) is 3. The zero-order valence-corrected chi connectivity index (χ0v) is 17.8. The molecular weight excluding hydrogens is 394 g/mol. The van der Waals surface area contributed by atoms with E-state index in [1.807, 2.05) is 24.3 Å². The second-order valence-corrected chi connectivity index (χ2v) is 7.67. The summed E-state index contributed by atoms with van der Waals surface area (Å²) in [4.78, 5) is 26.6. The minimum Gasteiger partial charge on any atom is -0.447 e. The third-order valence-corrected chi connectivity index (χ3v) is 6.14. The van der Waals surface area contributed by atoms with Gasteiger partial charge in [0.25, 0.3) is 0 Å². The van der Waals surface area contributed by atoms with Crippen LogP contribution in [0.25, 0.3) is 10.8 Å². The van der Waals surface area contributed by atoms with Crippen LogP contribution in [-0.2, 0) is 10.2 Å². The molecule has 1 aliphatic heterocycles. The van der Waals surface area contributed by atoms with Gasteiger partial charge in [-0.05, 0) is 48.1 Å². The molecule has 5 N–H and O–H groups in total. The predicted molar refractivity (Wildman–Crippen MR) is 121 cm³/mol. The van der Waals surface area contributed by atoms with Gasteiger partial charge in [-0.2, -0.15) is 0 Å². The van der Waals surface area contributed by atoms with Gasteiger partial charge in [-0.15, -0.1) is 0 Å². The van der Waals surface area contributed by atoms with Crippen LogP contribution in [0.4, 0.5) is 28.1 Å². The van der Waals surface area contributed by atoms with Crippen molar-refractivity contribution in [2.45, 2.75) is 32.1 Å². The van der Waals surface area contributed by atoms with Crippen LogP contribution in [0.1, 0.15) is 32.3 Å². The lowest BCUT2D eigenvalue weighted by molar-refractivity contribution is 0.181. The maximum Gasteiger partial charge on any atom is 0.415 e. The average molecular weight is 422 g/mol. The molecule has 0 unspecified atom stereocenters. The van der Waals surface area contributed by atoms with Crippen molar-refractivity contribution in [3.05, 3.63) is 42.2 Å². The predicted octanol–water partition coefficient (Wildman–Crippen LogP) is 3.32. The highest BCUT2D eigenvalue weighted by atomic mass is 16.6. The number of pyridine rings is 3. The fraction of sp³-hybridized carbons (Fsp3) is 0.364. The molecule has 0 aliphatic carbocycles. The molecule has 0 saturated carbocycles. The number of hydrogen-bond acceptors (Lipinski definition) is 8. The Kier molecular flexibility index (Phi) is 5.60. The first-order chi connectivity index (χ1) is 15.0. The molecule has 3 aromatic heterocycles. The minimum absolute atomic E-state index is 0.0739. The molecule has 9 heteroatoms. The van der Waals surface area contributed by atoms with Gasteiger partial charge in [-0.25, -0.2) is 19.7 Å². The van der Waals surface area contributed by atoms with Crippen LogP contribution in [0.15, 0.2) is 36.7 Å². The Morgan fingerprint density at radius 1 is 1.19 bits per heavy atom. The van der Waals surface area contributed by atoms with Crippen molar-refractivity contribution in [3.8, 4) is 0 Å². The summed E-state index contributed by atoms with van der Waals surface area (Å²) in [5.74, 6) is 2.08. The number of carbonyl (C=O) groups excluding carboxylic acids is 1. The highest BCUT2D eigenvalue weighted by molar-refractivity contribution is 5.97. The Morgan fingerprint density at radius 3 is 2.65 bits per heavy atom. The fourth-order valence-electron chi connectivity index (χ4n) is 3.99. The standard InChI is InChI=1S/C22H27N7O2/c1-3-22(4-2,13-23)15-5-6-25-18(11-15)27-17-9-14-10-19(29-7-8-31-21(29)30)28-20(24)16(14)12-26-17/h5-6,9-12H,3-4,7-8,13,23H2,1-2H3,(H2,24,28)(H,25,26,27). The van der Waals surface area contributed by atoms with Crippen molar-refractivity contribution in [1.29, 1.82) is 0 Å². The van der Waals surface area contributed by atoms with Gasteiger partial charge in [0, 0.05) is 29.7 Å². The molecule has 1 amide bonds. The Hall–Kier alpha value is -3.46. The topological polar surface area (TPSA) is 132 Å². The lowest BCUT2D eigenvalue weighted by Gasteiger charge is -2.31. The van der Waals surface area contributed by atoms with E-state index in [9.17, 15) is 4.79 Å². The van der Waals surface area contributed by atoms with E-state index in [0.717, 1.165) is 23.8 Å². The summed E-state index contributed by atoms with van der Waals surface area (Å²) >= 11 is 0. The van der Waals surface area contributed by atoms with Gasteiger partial charge in [0.2, 0.25) is 0 Å². The number of fused-ring (bicyclic) bond motifs is 1. The van der Waals surface area contributed by atoms with E-state index >= 15 is 0 Å². The molecule has 162 valence electrons. The summed E-state index contributed by atoms with van der Waals surface area (Å²) in [6.45, 7) is 5.67. The number of amides is 1. The van der Waals surface area contributed by atoms with E-state index < -0.39 is 6.09 Å². The fourth-order valence-corrected chi connectivity index (χ4v) is 3.99. The molecule has 0 atom stereocenters.